The molecule has 156 valence electrons. The molecule has 0 spiro atoms. The molecular weight excluding hydrogens is 402 g/mol. The van der Waals surface area contributed by atoms with Crippen LogP contribution in [0.4, 0.5) is 0 Å². The Morgan fingerprint density at radius 3 is 2.79 bits per heavy atom. The highest BCUT2D eigenvalue weighted by Gasteiger charge is 2.24. The number of amides is 1. The van der Waals surface area contributed by atoms with E-state index in [0.29, 0.717) is 23.5 Å². The zero-order chi connectivity index (χ0) is 20.4. The minimum absolute atomic E-state index is 0.0184. The van der Waals surface area contributed by atoms with Gasteiger partial charge in [0.1, 0.15) is 4.83 Å². The average molecular weight is 432 g/mol. The second-order valence-corrected chi connectivity index (χ2v) is 10.1. The summed E-state index contributed by atoms with van der Waals surface area (Å²) in [5.74, 6) is 0.430. The van der Waals surface area contributed by atoms with E-state index < -0.39 is 0 Å². The smallest absolute Gasteiger partial charge is 0.263 e. The summed E-state index contributed by atoms with van der Waals surface area (Å²) in [4.78, 5) is 34.9. The lowest BCUT2D eigenvalue weighted by Crippen LogP contribution is -2.39. The molecule has 0 aliphatic heterocycles. The van der Waals surface area contributed by atoms with E-state index in [1.54, 1.807) is 22.0 Å². The van der Waals surface area contributed by atoms with Crippen LogP contribution >= 0.6 is 23.1 Å². The van der Waals surface area contributed by atoms with Gasteiger partial charge in [-0.05, 0) is 44.1 Å². The molecule has 1 saturated carbocycles. The van der Waals surface area contributed by atoms with Gasteiger partial charge in [-0.1, -0.05) is 37.1 Å². The van der Waals surface area contributed by atoms with Crippen molar-refractivity contribution in [2.45, 2.75) is 75.5 Å². The number of thioether (sulfide) groups is 1. The van der Waals surface area contributed by atoms with Crippen LogP contribution in [0.5, 0.6) is 0 Å². The van der Waals surface area contributed by atoms with Crippen molar-refractivity contribution in [1.82, 2.24) is 14.5 Å². The molecule has 5 nitrogen and oxygen atoms in total. The fourth-order valence-electron chi connectivity index (χ4n) is 4.52. The summed E-state index contributed by atoms with van der Waals surface area (Å²) in [6, 6.07) is 0.353. The van der Waals surface area contributed by atoms with Crippen molar-refractivity contribution in [2.24, 2.45) is 0 Å². The SMILES string of the molecule is C=CCn1c(SCC(=O)N(C)C2CCCCC2)nc2sc3c(c2c1=O)CCCC3. The Morgan fingerprint density at radius 2 is 2.03 bits per heavy atom. The molecule has 0 N–H and O–H groups in total. The maximum atomic E-state index is 13.3. The van der Waals surface area contributed by atoms with Gasteiger partial charge >= 0.3 is 0 Å². The second-order valence-electron chi connectivity index (χ2n) is 8.08. The quantitative estimate of drug-likeness (QED) is 0.386. The fraction of sp³-hybridized carbons (Fsp3) is 0.591. The van der Waals surface area contributed by atoms with E-state index in [1.807, 2.05) is 11.9 Å². The van der Waals surface area contributed by atoms with E-state index in [-0.39, 0.29) is 11.5 Å². The average Bonchev–Trinajstić information content (AvgIpc) is 3.13. The Bertz CT molecular complexity index is 973. The van der Waals surface area contributed by atoms with Gasteiger partial charge in [-0.3, -0.25) is 14.2 Å². The first kappa shape index (κ1) is 20.7. The van der Waals surface area contributed by atoms with Gasteiger partial charge in [0.2, 0.25) is 5.91 Å². The highest BCUT2D eigenvalue weighted by molar-refractivity contribution is 7.99. The molecule has 0 unspecified atom stereocenters. The maximum Gasteiger partial charge on any atom is 0.263 e. The monoisotopic (exact) mass is 431 g/mol. The fourth-order valence-corrected chi connectivity index (χ4v) is 6.76. The zero-order valence-corrected chi connectivity index (χ0v) is 18.7. The summed E-state index contributed by atoms with van der Waals surface area (Å²) < 4.78 is 1.69. The van der Waals surface area contributed by atoms with Gasteiger partial charge in [0.15, 0.2) is 5.16 Å². The highest BCUT2D eigenvalue weighted by atomic mass is 32.2. The van der Waals surface area contributed by atoms with Gasteiger partial charge in [0.05, 0.1) is 11.1 Å². The van der Waals surface area contributed by atoms with Crippen LogP contribution in [0.2, 0.25) is 0 Å². The van der Waals surface area contributed by atoms with Gasteiger partial charge in [0, 0.05) is 24.5 Å². The van der Waals surface area contributed by atoms with Crippen LogP contribution in [0.15, 0.2) is 22.6 Å². The Labute approximate surface area is 180 Å². The molecule has 2 aliphatic rings. The predicted octanol–water partition coefficient (Wildman–Crippen LogP) is 4.41. The number of rotatable bonds is 6. The molecule has 0 saturated heterocycles. The molecule has 0 radical (unpaired) electrons. The Morgan fingerprint density at radius 1 is 1.28 bits per heavy atom. The Kier molecular flexibility index (Phi) is 6.44. The third-order valence-corrected chi connectivity index (χ3v) is 8.34. The maximum absolute atomic E-state index is 13.3. The molecular formula is C22H29N3O2S2. The van der Waals surface area contributed by atoms with Gasteiger partial charge in [-0.25, -0.2) is 4.98 Å². The molecule has 2 aromatic heterocycles. The molecule has 2 aliphatic carbocycles. The van der Waals surface area contributed by atoms with Crippen molar-refractivity contribution in [3.05, 3.63) is 33.4 Å². The van der Waals surface area contributed by atoms with E-state index in [2.05, 4.69) is 6.58 Å². The van der Waals surface area contributed by atoms with Crippen LogP contribution in [0.1, 0.15) is 55.4 Å². The van der Waals surface area contributed by atoms with Crippen LogP contribution in [-0.4, -0.2) is 39.2 Å². The topological polar surface area (TPSA) is 55.2 Å². The van der Waals surface area contributed by atoms with Crippen molar-refractivity contribution in [1.29, 1.82) is 0 Å². The van der Waals surface area contributed by atoms with E-state index >= 15 is 0 Å². The first-order valence-corrected chi connectivity index (χ1v) is 12.4. The van der Waals surface area contributed by atoms with Crippen molar-refractivity contribution in [3.8, 4) is 0 Å². The van der Waals surface area contributed by atoms with Gasteiger partial charge in [-0.2, -0.15) is 0 Å². The van der Waals surface area contributed by atoms with E-state index in [4.69, 9.17) is 4.98 Å². The van der Waals surface area contributed by atoms with E-state index in [9.17, 15) is 9.59 Å². The summed E-state index contributed by atoms with van der Waals surface area (Å²) in [5, 5.41) is 1.42. The third kappa shape index (κ3) is 4.17. The largest absolute Gasteiger partial charge is 0.342 e. The summed E-state index contributed by atoms with van der Waals surface area (Å²) in [6.45, 7) is 4.23. The number of carbonyl (C=O) groups excluding carboxylic acids is 1. The standard InChI is InChI=1S/C22H29N3O2S2/c1-3-13-25-21(27)19-16-11-7-8-12-17(16)29-20(19)23-22(25)28-14-18(26)24(2)15-9-5-4-6-10-15/h3,15H,1,4-14H2,2H3. The van der Waals surface area contributed by atoms with Crippen LogP contribution < -0.4 is 5.56 Å². The molecule has 1 fully saturated rings. The number of hydrogen-bond donors (Lipinski definition) is 0. The van der Waals surface area contributed by atoms with Crippen molar-refractivity contribution in [3.63, 3.8) is 0 Å². The van der Waals surface area contributed by atoms with Gasteiger partial charge in [0.25, 0.3) is 5.56 Å². The predicted molar refractivity (Wildman–Crippen MR) is 121 cm³/mol. The zero-order valence-electron chi connectivity index (χ0n) is 17.1. The lowest BCUT2D eigenvalue weighted by molar-refractivity contribution is -0.129. The number of aryl methyl sites for hydroxylation is 2. The minimum Gasteiger partial charge on any atom is -0.342 e. The number of aromatic nitrogens is 2. The Balaban J connectivity index is 1.59. The molecule has 0 bridgehead atoms. The lowest BCUT2D eigenvalue weighted by atomic mass is 9.94. The molecule has 4 rings (SSSR count). The molecule has 2 heterocycles. The number of nitrogens with zero attached hydrogens (tertiary/aromatic N) is 3. The summed E-state index contributed by atoms with van der Waals surface area (Å²) in [6.07, 6.45) is 11.9. The van der Waals surface area contributed by atoms with Gasteiger partial charge < -0.3 is 4.90 Å². The van der Waals surface area contributed by atoms with Crippen LogP contribution in [0, 0.1) is 0 Å². The van der Waals surface area contributed by atoms with Crippen LogP contribution in [0.3, 0.4) is 0 Å². The van der Waals surface area contributed by atoms with Crippen LogP contribution in [-0.2, 0) is 24.2 Å². The summed E-state index contributed by atoms with van der Waals surface area (Å²) >= 11 is 3.04. The van der Waals surface area contributed by atoms with Crippen molar-refractivity contribution < 1.29 is 4.79 Å². The van der Waals surface area contributed by atoms with Gasteiger partial charge in [-0.15, -0.1) is 17.9 Å². The van der Waals surface area contributed by atoms with Crippen LogP contribution in [0.25, 0.3) is 10.2 Å². The first-order chi connectivity index (χ1) is 14.1. The lowest BCUT2D eigenvalue weighted by Gasteiger charge is -2.31. The molecule has 7 heteroatoms. The molecule has 29 heavy (non-hydrogen) atoms. The molecule has 0 aromatic carbocycles. The number of hydrogen-bond acceptors (Lipinski definition) is 5. The summed E-state index contributed by atoms with van der Waals surface area (Å²) in [5.41, 5.74) is 1.22. The number of carbonyl (C=O) groups is 1. The van der Waals surface area contributed by atoms with Crippen molar-refractivity contribution >= 4 is 39.2 Å². The second kappa shape index (κ2) is 9.04. The molecule has 0 atom stereocenters. The normalized spacial score (nSPS) is 17.3. The van der Waals surface area contributed by atoms with E-state index in [1.165, 1.54) is 47.9 Å². The van der Waals surface area contributed by atoms with Crippen molar-refractivity contribution in [2.75, 3.05) is 12.8 Å². The highest BCUT2D eigenvalue weighted by Crippen LogP contribution is 2.34. The Hall–Kier alpha value is -1.60. The molecule has 1 amide bonds. The molecule has 2 aromatic rings. The first-order valence-electron chi connectivity index (χ1n) is 10.6. The number of allylic oxidation sites excluding steroid dienone is 1. The number of thiophene rings is 1. The number of fused-ring (bicyclic) bond motifs is 3. The third-order valence-electron chi connectivity index (χ3n) is 6.19. The van der Waals surface area contributed by atoms with E-state index in [0.717, 1.165) is 42.3 Å². The summed E-state index contributed by atoms with van der Waals surface area (Å²) in [7, 11) is 1.92. The minimum atomic E-state index is 0.0184.